The lowest BCUT2D eigenvalue weighted by Gasteiger charge is -2.30. The van der Waals surface area contributed by atoms with Crippen LogP contribution in [0.25, 0.3) is 0 Å². The van der Waals surface area contributed by atoms with Crippen molar-refractivity contribution in [3.05, 3.63) is 57.8 Å². The molecule has 1 heterocycles. The number of hydrogen-bond donors (Lipinski definition) is 2. The molecule has 1 aliphatic rings. The predicted molar refractivity (Wildman–Crippen MR) is 110 cm³/mol. The number of nitrogens with one attached hydrogen (secondary N) is 2. The van der Waals surface area contributed by atoms with Crippen LogP contribution in [-0.4, -0.2) is 26.1 Å². The summed E-state index contributed by atoms with van der Waals surface area (Å²) in [6, 6.07) is 10.9. The number of guanidine groups is 1. The Morgan fingerprint density at radius 1 is 1.30 bits per heavy atom. The number of rotatable bonds is 5. The van der Waals surface area contributed by atoms with E-state index in [2.05, 4.69) is 63.6 Å². The first kappa shape index (κ1) is 18.3. The van der Waals surface area contributed by atoms with Crippen LogP contribution in [0.2, 0.25) is 0 Å². The second kappa shape index (κ2) is 8.68. The molecule has 0 aliphatic heterocycles. The molecule has 3 nitrogen and oxygen atoms in total. The van der Waals surface area contributed by atoms with Gasteiger partial charge in [-0.1, -0.05) is 31.2 Å². The Bertz CT molecular complexity index is 639. The molecule has 124 valence electrons. The van der Waals surface area contributed by atoms with Gasteiger partial charge in [0, 0.05) is 26.1 Å². The Morgan fingerprint density at radius 2 is 2.13 bits per heavy atom. The molecule has 2 N–H and O–H groups in total. The zero-order valence-electron chi connectivity index (χ0n) is 13.6. The maximum atomic E-state index is 4.32. The molecule has 0 saturated carbocycles. The minimum absolute atomic E-state index is 0. The number of hydrogen-bond acceptors (Lipinski definition) is 2. The van der Waals surface area contributed by atoms with Gasteiger partial charge in [-0.3, -0.25) is 4.99 Å². The van der Waals surface area contributed by atoms with Crippen LogP contribution in [0.15, 0.2) is 46.1 Å². The lowest BCUT2D eigenvalue weighted by Crippen LogP contribution is -2.42. The van der Waals surface area contributed by atoms with Crippen molar-refractivity contribution in [3.8, 4) is 0 Å². The van der Waals surface area contributed by atoms with Crippen molar-refractivity contribution in [2.24, 2.45) is 4.99 Å². The van der Waals surface area contributed by atoms with Crippen LogP contribution < -0.4 is 10.6 Å². The molecule has 2 aromatic rings. The van der Waals surface area contributed by atoms with Gasteiger partial charge in [-0.15, -0.1) is 24.0 Å². The first-order valence-electron chi connectivity index (χ1n) is 7.82. The van der Waals surface area contributed by atoms with Gasteiger partial charge in [0.25, 0.3) is 0 Å². The molecule has 0 radical (unpaired) electrons. The summed E-state index contributed by atoms with van der Waals surface area (Å²) in [5.74, 6) is 2.00. The normalized spacial score (nSPS) is 17.5. The van der Waals surface area contributed by atoms with Crippen molar-refractivity contribution in [1.29, 1.82) is 0 Å². The number of fused-ring (bicyclic) bond motifs is 1. The lowest BCUT2D eigenvalue weighted by molar-refractivity contribution is 0.581. The van der Waals surface area contributed by atoms with Crippen LogP contribution >= 0.6 is 35.3 Å². The fourth-order valence-corrected chi connectivity index (χ4v) is 3.69. The highest BCUT2D eigenvalue weighted by Crippen LogP contribution is 2.33. The quantitative estimate of drug-likeness (QED) is 0.419. The fraction of sp³-hybridized carbons (Fsp3) is 0.389. The summed E-state index contributed by atoms with van der Waals surface area (Å²) < 4.78 is 0. The van der Waals surface area contributed by atoms with E-state index in [1.54, 1.807) is 11.3 Å². The number of nitrogens with zero attached hydrogens (tertiary/aromatic N) is 1. The molecule has 0 saturated heterocycles. The van der Waals surface area contributed by atoms with E-state index in [4.69, 9.17) is 0 Å². The zero-order valence-corrected chi connectivity index (χ0v) is 16.7. The Balaban J connectivity index is 0.00000192. The van der Waals surface area contributed by atoms with Crippen LogP contribution in [-0.2, 0) is 6.42 Å². The number of thiophene rings is 1. The van der Waals surface area contributed by atoms with Crippen molar-refractivity contribution in [3.63, 3.8) is 0 Å². The molecule has 5 heteroatoms. The topological polar surface area (TPSA) is 36.4 Å². The maximum absolute atomic E-state index is 4.32. The molecule has 0 spiro atoms. The average Bonchev–Trinajstić information content (AvgIpc) is 3.05. The van der Waals surface area contributed by atoms with Crippen molar-refractivity contribution >= 4 is 41.3 Å². The third-order valence-corrected chi connectivity index (χ3v) is 5.09. The Hall–Kier alpha value is -1.08. The second-order valence-electron chi connectivity index (χ2n) is 5.89. The SMILES string of the molecule is CN=C(NCC(C)c1ccsc1)NCC1Cc2ccccc21.I. The largest absolute Gasteiger partial charge is 0.356 e. The van der Waals surface area contributed by atoms with E-state index in [1.165, 1.54) is 23.1 Å². The van der Waals surface area contributed by atoms with Gasteiger partial charge < -0.3 is 10.6 Å². The van der Waals surface area contributed by atoms with Crippen LogP contribution in [0.1, 0.15) is 35.4 Å². The van der Waals surface area contributed by atoms with E-state index in [1.807, 2.05) is 7.05 Å². The van der Waals surface area contributed by atoms with Gasteiger partial charge in [0.05, 0.1) is 0 Å². The van der Waals surface area contributed by atoms with Crippen molar-refractivity contribution in [1.82, 2.24) is 10.6 Å². The molecule has 1 aromatic carbocycles. The van der Waals surface area contributed by atoms with Gasteiger partial charge in [0.15, 0.2) is 5.96 Å². The van der Waals surface area contributed by atoms with Crippen LogP contribution in [0.4, 0.5) is 0 Å². The molecule has 23 heavy (non-hydrogen) atoms. The van der Waals surface area contributed by atoms with Gasteiger partial charge in [-0.2, -0.15) is 11.3 Å². The summed E-state index contributed by atoms with van der Waals surface area (Å²) in [6.45, 7) is 4.09. The number of benzene rings is 1. The molecule has 1 aliphatic carbocycles. The highest BCUT2D eigenvalue weighted by molar-refractivity contribution is 14.0. The molecule has 1 aromatic heterocycles. The first-order valence-corrected chi connectivity index (χ1v) is 8.76. The number of aliphatic imine (C=N–C) groups is 1. The third kappa shape index (κ3) is 4.47. The molecular formula is C18H24IN3S. The van der Waals surface area contributed by atoms with Gasteiger partial charge in [-0.05, 0) is 45.9 Å². The summed E-state index contributed by atoms with van der Waals surface area (Å²) in [5.41, 5.74) is 4.36. The Labute approximate surface area is 159 Å². The molecule has 2 unspecified atom stereocenters. The third-order valence-electron chi connectivity index (χ3n) is 4.39. The molecule has 0 fully saturated rings. The van der Waals surface area contributed by atoms with Crippen LogP contribution in [0, 0.1) is 0 Å². The lowest BCUT2D eigenvalue weighted by atomic mass is 9.78. The minimum atomic E-state index is 0. The predicted octanol–water partition coefficient (Wildman–Crippen LogP) is 3.97. The molecule has 2 atom stereocenters. The summed E-state index contributed by atoms with van der Waals surface area (Å²) >= 11 is 1.75. The summed E-state index contributed by atoms with van der Waals surface area (Å²) in [4.78, 5) is 4.32. The first-order chi connectivity index (χ1) is 10.8. The second-order valence-corrected chi connectivity index (χ2v) is 6.67. The molecule has 0 bridgehead atoms. The molecule has 0 amide bonds. The average molecular weight is 441 g/mol. The highest BCUT2D eigenvalue weighted by Gasteiger charge is 2.25. The van der Waals surface area contributed by atoms with Crippen molar-refractivity contribution < 1.29 is 0 Å². The fourth-order valence-electron chi connectivity index (χ4n) is 2.91. The van der Waals surface area contributed by atoms with E-state index >= 15 is 0 Å². The van der Waals surface area contributed by atoms with E-state index in [9.17, 15) is 0 Å². The Morgan fingerprint density at radius 3 is 2.83 bits per heavy atom. The monoisotopic (exact) mass is 441 g/mol. The van der Waals surface area contributed by atoms with Gasteiger partial charge in [0.2, 0.25) is 0 Å². The van der Waals surface area contributed by atoms with Crippen LogP contribution in [0.5, 0.6) is 0 Å². The van der Waals surface area contributed by atoms with Crippen LogP contribution in [0.3, 0.4) is 0 Å². The van der Waals surface area contributed by atoms with Crippen molar-refractivity contribution in [2.45, 2.75) is 25.2 Å². The zero-order chi connectivity index (χ0) is 15.4. The number of halogens is 1. The van der Waals surface area contributed by atoms with Crippen molar-refractivity contribution in [2.75, 3.05) is 20.1 Å². The van der Waals surface area contributed by atoms with Gasteiger partial charge in [-0.25, -0.2) is 0 Å². The summed E-state index contributed by atoms with van der Waals surface area (Å²) in [7, 11) is 1.83. The standard InChI is InChI=1S/C18H23N3S.HI/c1-13(15-7-8-22-12-15)10-20-18(19-2)21-11-16-9-14-5-3-4-6-17(14)16;/h3-8,12-13,16H,9-11H2,1-2H3,(H2,19,20,21);1H. The van der Waals surface area contributed by atoms with E-state index in [0.29, 0.717) is 11.8 Å². The minimum Gasteiger partial charge on any atom is -0.356 e. The van der Waals surface area contributed by atoms with E-state index in [-0.39, 0.29) is 24.0 Å². The molecule has 3 rings (SSSR count). The van der Waals surface area contributed by atoms with Gasteiger partial charge >= 0.3 is 0 Å². The van der Waals surface area contributed by atoms with Gasteiger partial charge in [0.1, 0.15) is 0 Å². The van der Waals surface area contributed by atoms with E-state index < -0.39 is 0 Å². The maximum Gasteiger partial charge on any atom is 0.191 e. The summed E-state index contributed by atoms with van der Waals surface area (Å²) in [6.07, 6.45) is 1.17. The Kier molecular flexibility index (Phi) is 6.89. The smallest absolute Gasteiger partial charge is 0.191 e. The van der Waals surface area contributed by atoms with E-state index in [0.717, 1.165) is 19.0 Å². The summed E-state index contributed by atoms with van der Waals surface area (Å²) in [5, 5.41) is 11.2. The highest BCUT2D eigenvalue weighted by atomic mass is 127. The molecular weight excluding hydrogens is 417 g/mol.